The molecule has 0 aliphatic rings. The maximum atomic E-state index is 12.2. The van der Waals surface area contributed by atoms with Crippen LogP contribution in [0, 0.1) is 0 Å². The maximum Gasteiger partial charge on any atom is 0.303 e. The van der Waals surface area contributed by atoms with Gasteiger partial charge in [0.25, 0.3) is 5.91 Å². The second-order valence-corrected chi connectivity index (χ2v) is 4.99. The first-order valence-corrected chi connectivity index (χ1v) is 7.29. The van der Waals surface area contributed by atoms with Crippen LogP contribution in [0.15, 0.2) is 30.5 Å². The van der Waals surface area contributed by atoms with Crippen LogP contribution >= 0.6 is 0 Å². The molecule has 0 aliphatic heterocycles. The van der Waals surface area contributed by atoms with Crippen molar-refractivity contribution >= 4 is 11.9 Å². The molecule has 0 unspecified atom stereocenters. The van der Waals surface area contributed by atoms with E-state index in [0.717, 1.165) is 11.3 Å². The van der Waals surface area contributed by atoms with Crippen molar-refractivity contribution in [2.45, 2.75) is 19.3 Å². The summed E-state index contributed by atoms with van der Waals surface area (Å²) in [4.78, 5) is 22.6. The summed E-state index contributed by atoms with van der Waals surface area (Å²) in [7, 11) is 1.59. The van der Waals surface area contributed by atoms with E-state index in [1.807, 2.05) is 24.3 Å². The number of amides is 1. The van der Waals surface area contributed by atoms with Gasteiger partial charge in [-0.2, -0.15) is 5.10 Å². The Hall–Kier alpha value is -2.83. The lowest BCUT2D eigenvalue weighted by atomic mass is 10.1. The second-order valence-electron chi connectivity index (χ2n) is 4.99. The van der Waals surface area contributed by atoms with E-state index in [4.69, 9.17) is 9.84 Å². The molecule has 7 nitrogen and oxygen atoms in total. The first-order valence-electron chi connectivity index (χ1n) is 7.29. The maximum absolute atomic E-state index is 12.2. The van der Waals surface area contributed by atoms with Gasteiger partial charge >= 0.3 is 5.97 Å². The number of carboxylic acids is 1. The van der Waals surface area contributed by atoms with Gasteiger partial charge in [-0.05, 0) is 37.1 Å². The Morgan fingerprint density at radius 1 is 1.26 bits per heavy atom. The highest BCUT2D eigenvalue weighted by molar-refractivity contribution is 5.99. The Balaban J connectivity index is 1.96. The lowest BCUT2D eigenvalue weighted by molar-refractivity contribution is -0.137. The van der Waals surface area contributed by atoms with Crippen LogP contribution < -0.4 is 10.1 Å². The summed E-state index contributed by atoms with van der Waals surface area (Å²) >= 11 is 0. The van der Waals surface area contributed by atoms with Crippen molar-refractivity contribution in [1.29, 1.82) is 0 Å². The Labute approximate surface area is 133 Å². The molecule has 0 fully saturated rings. The van der Waals surface area contributed by atoms with Gasteiger partial charge in [-0.1, -0.05) is 0 Å². The molecule has 2 rings (SSSR count). The van der Waals surface area contributed by atoms with Crippen molar-refractivity contribution in [2.75, 3.05) is 13.7 Å². The second kappa shape index (κ2) is 7.98. The van der Waals surface area contributed by atoms with Gasteiger partial charge in [0, 0.05) is 18.5 Å². The number of aliphatic carboxylic acids is 1. The van der Waals surface area contributed by atoms with E-state index in [1.54, 1.807) is 7.11 Å². The molecular formula is C16H19N3O4. The Morgan fingerprint density at radius 3 is 2.65 bits per heavy atom. The number of H-pyrrole nitrogens is 1. The van der Waals surface area contributed by atoms with Crippen molar-refractivity contribution in [3.05, 3.63) is 36.0 Å². The molecule has 7 heteroatoms. The number of aromatic amines is 1. The molecule has 1 aromatic carbocycles. The standard InChI is InChI=1S/C16H19N3O4/c1-23-12-7-5-11(6-8-12)15-13(10-18-19-15)16(22)17-9-3-2-4-14(20)21/h5-8,10H,2-4,9H2,1H3,(H,17,22)(H,18,19)(H,20,21). The average Bonchev–Trinajstić information content (AvgIpc) is 3.04. The van der Waals surface area contributed by atoms with Gasteiger partial charge in [0.2, 0.25) is 0 Å². The Kier molecular flexibility index (Phi) is 5.74. The number of unbranched alkanes of at least 4 members (excludes halogenated alkanes) is 1. The molecule has 1 amide bonds. The number of benzene rings is 1. The summed E-state index contributed by atoms with van der Waals surface area (Å²) < 4.78 is 5.11. The number of rotatable bonds is 8. The summed E-state index contributed by atoms with van der Waals surface area (Å²) in [6, 6.07) is 7.31. The predicted octanol–water partition coefficient (Wildman–Crippen LogP) is 2.07. The molecule has 3 N–H and O–H groups in total. The molecule has 0 bridgehead atoms. The quantitative estimate of drug-likeness (QED) is 0.647. The fourth-order valence-corrected chi connectivity index (χ4v) is 2.13. The molecule has 0 saturated heterocycles. The number of hydrogen-bond donors (Lipinski definition) is 3. The zero-order valence-electron chi connectivity index (χ0n) is 12.8. The van der Waals surface area contributed by atoms with Crippen LogP contribution in [-0.2, 0) is 4.79 Å². The third kappa shape index (κ3) is 4.57. The lowest BCUT2D eigenvalue weighted by Gasteiger charge is -2.06. The van der Waals surface area contributed by atoms with E-state index >= 15 is 0 Å². The van der Waals surface area contributed by atoms with Gasteiger partial charge in [-0.3, -0.25) is 14.7 Å². The number of methoxy groups -OCH3 is 1. The summed E-state index contributed by atoms with van der Waals surface area (Å²) in [6.45, 7) is 0.430. The van der Waals surface area contributed by atoms with Crippen molar-refractivity contribution in [3.63, 3.8) is 0 Å². The normalized spacial score (nSPS) is 10.3. The zero-order chi connectivity index (χ0) is 16.7. The number of carbonyl (C=O) groups excluding carboxylic acids is 1. The van der Waals surface area contributed by atoms with E-state index in [2.05, 4.69) is 15.5 Å². The Morgan fingerprint density at radius 2 is 2.00 bits per heavy atom. The van der Waals surface area contributed by atoms with Crippen molar-refractivity contribution < 1.29 is 19.4 Å². The Bertz CT molecular complexity index is 664. The first-order chi connectivity index (χ1) is 11.1. The molecule has 23 heavy (non-hydrogen) atoms. The van der Waals surface area contributed by atoms with E-state index < -0.39 is 5.97 Å². The smallest absolute Gasteiger partial charge is 0.303 e. The van der Waals surface area contributed by atoms with Crippen LogP contribution in [0.25, 0.3) is 11.3 Å². The van der Waals surface area contributed by atoms with Crippen LogP contribution in [0.2, 0.25) is 0 Å². The van der Waals surface area contributed by atoms with Gasteiger partial charge < -0.3 is 15.2 Å². The minimum absolute atomic E-state index is 0.110. The molecule has 0 aliphatic carbocycles. The minimum atomic E-state index is -0.826. The topological polar surface area (TPSA) is 104 Å². The molecule has 1 aromatic heterocycles. The largest absolute Gasteiger partial charge is 0.497 e. The molecular weight excluding hydrogens is 298 g/mol. The SMILES string of the molecule is COc1ccc(-c2[nH]ncc2C(=O)NCCCCC(=O)O)cc1. The van der Waals surface area contributed by atoms with E-state index in [0.29, 0.717) is 30.6 Å². The predicted molar refractivity (Wildman–Crippen MR) is 84.4 cm³/mol. The fourth-order valence-electron chi connectivity index (χ4n) is 2.13. The molecule has 0 spiro atoms. The molecule has 0 radical (unpaired) electrons. The van der Waals surface area contributed by atoms with Crippen molar-refractivity contribution in [1.82, 2.24) is 15.5 Å². The number of aromatic nitrogens is 2. The van der Waals surface area contributed by atoms with Crippen LogP contribution in [0.5, 0.6) is 5.75 Å². The number of nitrogens with one attached hydrogen (secondary N) is 2. The number of hydrogen-bond acceptors (Lipinski definition) is 4. The molecule has 2 aromatic rings. The van der Waals surface area contributed by atoms with Crippen molar-refractivity contribution in [3.8, 4) is 17.0 Å². The number of nitrogens with zero attached hydrogens (tertiary/aromatic N) is 1. The summed E-state index contributed by atoms with van der Waals surface area (Å²) in [5.74, 6) is -0.328. The van der Waals surface area contributed by atoms with Gasteiger partial charge in [-0.25, -0.2) is 0 Å². The van der Waals surface area contributed by atoms with Crippen LogP contribution in [-0.4, -0.2) is 40.8 Å². The number of carbonyl (C=O) groups is 2. The monoisotopic (exact) mass is 317 g/mol. The zero-order valence-corrected chi connectivity index (χ0v) is 12.8. The van der Waals surface area contributed by atoms with Gasteiger partial charge in [0.1, 0.15) is 5.75 Å². The summed E-state index contributed by atoms with van der Waals surface area (Å²) in [5.41, 5.74) is 1.92. The highest BCUT2D eigenvalue weighted by Crippen LogP contribution is 2.23. The van der Waals surface area contributed by atoms with E-state index in [-0.39, 0.29) is 12.3 Å². The molecule has 1 heterocycles. The van der Waals surface area contributed by atoms with Gasteiger partial charge in [0.15, 0.2) is 0 Å². The number of carboxylic acid groups (broad SMARTS) is 1. The van der Waals surface area contributed by atoms with E-state index in [9.17, 15) is 9.59 Å². The summed E-state index contributed by atoms with van der Waals surface area (Å²) in [5, 5.41) is 18.1. The average molecular weight is 317 g/mol. The minimum Gasteiger partial charge on any atom is -0.497 e. The molecule has 0 atom stereocenters. The summed E-state index contributed by atoms with van der Waals surface area (Å²) in [6.07, 6.45) is 2.74. The van der Waals surface area contributed by atoms with Crippen molar-refractivity contribution in [2.24, 2.45) is 0 Å². The fraction of sp³-hybridized carbons (Fsp3) is 0.312. The first kappa shape index (κ1) is 16.5. The third-order valence-corrected chi connectivity index (χ3v) is 3.37. The number of ether oxygens (including phenoxy) is 1. The highest BCUT2D eigenvalue weighted by Gasteiger charge is 2.14. The van der Waals surface area contributed by atoms with Crippen LogP contribution in [0.4, 0.5) is 0 Å². The van der Waals surface area contributed by atoms with Crippen LogP contribution in [0.3, 0.4) is 0 Å². The molecule has 0 saturated carbocycles. The molecule has 122 valence electrons. The van der Waals surface area contributed by atoms with Gasteiger partial charge in [0.05, 0.1) is 24.6 Å². The van der Waals surface area contributed by atoms with Crippen LogP contribution in [0.1, 0.15) is 29.6 Å². The van der Waals surface area contributed by atoms with Gasteiger partial charge in [-0.15, -0.1) is 0 Å². The van der Waals surface area contributed by atoms with E-state index in [1.165, 1.54) is 6.20 Å². The lowest BCUT2D eigenvalue weighted by Crippen LogP contribution is -2.24. The highest BCUT2D eigenvalue weighted by atomic mass is 16.5. The third-order valence-electron chi connectivity index (χ3n) is 3.37.